The van der Waals surface area contributed by atoms with Crippen LogP contribution in [0.15, 0.2) is 41.3 Å². The molecular weight excluding hydrogens is 302 g/mol. The highest BCUT2D eigenvalue weighted by Crippen LogP contribution is 2.27. The summed E-state index contributed by atoms with van der Waals surface area (Å²) in [4.78, 5) is -0.653. The second-order valence-electron chi connectivity index (χ2n) is 4.14. The first-order valence-electron chi connectivity index (χ1n) is 5.75. The number of nitrogens with two attached hydrogens (primary N) is 1. The number of hydrogen-bond donors (Lipinski definition) is 2. The lowest BCUT2D eigenvalue weighted by Crippen LogP contribution is -2.15. The Morgan fingerprint density at radius 3 is 2.48 bits per heavy atom. The zero-order valence-electron chi connectivity index (χ0n) is 10.9. The average Bonchev–Trinajstić information content (AvgIpc) is 2.40. The number of ether oxygens (including phenoxy) is 1. The molecule has 0 saturated carbocycles. The maximum atomic E-state index is 13.6. The van der Waals surface area contributed by atoms with E-state index >= 15 is 0 Å². The quantitative estimate of drug-likeness (QED) is 0.849. The number of methoxy groups -OCH3 is 1. The van der Waals surface area contributed by atoms with Gasteiger partial charge < -0.3 is 10.5 Å². The number of benzene rings is 2. The van der Waals surface area contributed by atoms with Gasteiger partial charge in [0, 0.05) is 12.1 Å². The molecule has 8 heteroatoms. The fourth-order valence-electron chi connectivity index (χ4n) is 1.68. The van der Waals surface area contributed by atoms with Gasteiger partial charge in [0.25, 0.3) is 10.0 Å². The number of rotatable bonds is 4. The Morgan fingerprint density at radius 2 is 1.86 bits per heavy atom. The summed E-state index contributed by atoms with van der Waals surface area (Å²) < 4.78 is 57.7. The van der Waals surface area contributed by atoms with Crippen molar-refractivity contribution < 1.29 is 21.9 Å². The molecular formula is C13H12F2N2O3S. The van der Waals surface area contributed by atoms with Crippen LogP contribution in [-0.4, -0.2) is 15.5 Å². The zero-order chi connectivity index (χ0) is 15.6. The molecule has 2 aromatic rings. The van der Waals surface area contributed by atoms with E-state index in [4.69, 9.17) is 10.5 Å². The first kappa shape index (κ1) is 15.0. The summed E-state index contributed by atoms with van der Waals surface area (Å²) in [6, 6.07) is 6.41. The van der Waals surface area contributed by atoms with Crippen molar-refractivity contribution in [1.82, 2.24) is 0 Å². The molecule has 2 aromatic carbocycles. The van der Waals surface area contributed by atoms with Crippen molar-refractivity contribution in [2.45, 2.75) is 4.90 Å². The predicted molar refractivity (Wildman–Crippen MR) is 74.6 cm³/mol. The molecule has 0 fully saturated rings. The summed E-state index contributed by atoms with van der Waals surface area (Å²) in [7, 11) is -2.81. The average molecular weight is 314 g/mol. The first-order valence-corrected chi connectivity index (χ1v) is 7.23. The van der Waals surface area contributed by atoms with Crippen LogP contribution in [0.25, 0.3) is 0 Å². The highest BCUT2D eigenvalue weighted by Gasteiger charge is 2.20. The Hall–Kier alpha value is -2.35. The van der Waals surface area contributed by atoms with Gasteiger partial charge in [0.1, 0.15) is 22.3 Å². The van der Waals surface area contributed by atoms with Gasteiger partial charge in [0.05, 0.1) is 18.5 Å². The maximum Gasteiger partial charge on any atom is 0.264 e. The van der Waals surface area contributed by atoms with Gasteiger partial charge in [0.2, 0.25) is 0 Å². The standard InChI is InChI=1S/C13H12F2N2O3S/c1-20-12-7-9(3-4-11(12)16)17-21(18,19)13-5-2-8(14)6-10(13)15/h2-7,17H,16H2,1H3. The minimum absolute atomic E-state index is 0.143. The zero-order valence-corrected chi connectivity index (χ0v) is 11.7. The molecule has 21 heavy (non-hydrogen) atoms. The molecule has 0 aromatic heterocycles. The maximum absolute atomic E-state index is 13.6. The number of hydrogen-bond acceptors (Lipinski definition) is 4. The summed E-state index contributed by atoms with van der Waals surface area (Å²) in [5.74, 6) is -1.76. The summed E-state index contributed by atoms with van der Waals surface area (Å²) in [5, 5.41) is 0. The van der Waals surface area contributed by atoms with Crippen molar-refractivity contribution >= 4 is 21.4 Å². The van der Waals surface area contributed by atoms with E-state index in [0.29, 0.717) is 11.8 Å². The van der Waals surface area contributed by atoms with Crippen molar-refractivity contribution in [3.8, 4) is 5.75 Å². The number of nitrogens with one attached hydrogen (secondary N) is 1. The van der Waals surface area contributed by atoms with Gasteiger partial charge in [-0.25, -0.2) is 17.2 Å². The topological polar surface area (TPSA) is 81.4 Å². The largest absolute Gasteiger partial charge is 0.495 e. The number of nitrogen functional groups attached to an aromatic ring is 1. The number of anilines is 2. The van der Waals surface area contributed by atoms with Gasteiger partial charge in [0.15, 0.2) is 0 Å². The molecule has 0 amide bonds. The first-order chi connectivity index (χ1) is 9.83. The molecule has 3 N–H and O–H groups in total. The molecule has 112 valence electrons. The molecule has 0 aliphatic heterocycles. The summed E-state index contributed by atoms with van der Waals surface area (Å²) in [5.41, 5.74) is 6.08. The Bertz CT molecular complexity index is 779. The van der Waals surface area contributed by atoms with Crippen molar-refractivity contribution in [3.05, 3.63) is 48.0 Å². The third kappa shape index (κ3) is 3.22. The lowest BCUT2D eigenvalue weighted by Gasteiger charge is -2.11. The monoisotopic (exact) mass is 314 g/mol. The van der Waals surface area contributed by atoms with E-state index in [1.807, 2.05) is 0 Å². The molecule has 0 aliphatic carbocycles. The second-order valence-corrected chi connectivity index (χ2v) is 5.79. The molecule has 0 atom stereocenters. The van der Waals surface area contributed by atoms with Crippen LogP contribution in [-0.2, 0) is 10.0 Å². The van der Waals surface area contributed by atoms with Crippen molar-refractivity contribution in [3.63, 3.8) is 0 Å². The Morgan fingerprint density at radius 1 is 1.14 bits per heavy atom. The molecule has 0 saturated heterocycles. The van der Waals surface area contributed by atoms with Gasteiger partial charge in [-0.3, -0.25) is 4.72 Å². The van der Waals surface area contributed by atoms with E-state index in [2.05, 4.69) is 4.72 Å². The molecule has 5 nitrogen and oxygen atoms in total. The number of sulfonamides is 1. The van der Waals surface area contributed by atoms with Gasteiger partial charge in [-0.15, -0.1) is 0 Å². The fraction of sp³-hybridized carbons (Fsp3) is 0.0769. The Balaban J connectivity index is 2.37. The van der Waals surface area contributed by atoms with E-state index < -0.39 is 26.6 Å². The lowest BCUT2D eigenvalue weighted by molar-refractivity contribution is 0.417. The normalized spacial score (nSPS) is 11.2. The third-order valence-corrected chi connectivity index (χ3v) is 4.08. The van der Waals surface area contributed by atoms with E-state index in [9.17, 15) is 17.2 Å². The SMILES string of the molecule is COc1cc(NS(=O)(=O)c2ccc(F)cc2F)ccc1N. The minimum Gasteiger partial charge on any atom is -0.495 e. The highest BCUT2D eigenvalue weighted by molar-refractivity contribution is 7.92. The van der Waals surface area contributed by atoms with Crippen LogP contribution in [0, 0.1) is 11.6 Å². The van der Waals surface area contributed by atoms with Gasteiger partial charge in [-0.05, 0) is 24.3 Å². The van der Waals surface area contributed by atoms with Crippen LogP contribution in [0.1, 0.15) is 0 Å². The van der Waals surface area contributed by atoms with Crippen LogP contribution < -0.4 is 15.2 Å². The van der Waals surface area contributed by atoms with Gasteiger partial charge >= 0.3 is 0 Å². The van der Waals surface area contributed by atoms with Gasteiger partial charge in [-0.1, -0.05) is 0 Å². The highest BCUT2D eigenvalue weighted by atomic mass is 32.2. The number of halogens is 2. The molecule has 2 rings (SSSR count). The lowest BCUT2D eigenvalue weighted by atomic mass is 10.2. The molecule has 0 aliphatic rings. The fourth-order valence-corrected chi connectivity index (χ4v) is 2.79. The summed E-state index contributed by atoms with van der Waals surface area (Å²) >= 11 is 0. The summed E-state index contributed by atoms with van der Waals surface area (Å²) in [6.07, 6.45) is 0. The smallest absolute Gasteiger partial charge is 0.264 e. The van der Waals surface area contributed by atoms with Gasteiger partial charge in [-0.2, -0.15) is 0 Å². The summed E-state index contributed by atoms with van der Waals surface area (Å²) in [6.45, 7) is 0. The van der Waals surface area contributed by atoms with Crippen LogP contribution >= 0.6 is 0 Å². The van der Waals surface area contributed by atoms with E-state index in [-0.39, 0.29) is 11.4 Å². The third-order valence-electron chi connectivity index (χ3n) is 2.67. The molecule has 0 bridgehead atoms. The molecule has 0 heterocycles. The van der Waals surface area contributed by atoms with E-state index in [1.165, 1.54) is 25.3 Å². The molecule has 0 unspecified atom stereocenters. The Kier molecular flexibility index (Phi) is 3.99. The molecule has 0 radical (unpaired) electrons. The van der Waals surface area contributed by atoms with Crippen molar-refractivity contribution in [2.75, 3.05) is 17.6 Å². The van der Waals surface area contributed by atoms with Crippen LogP contribution in [0.2, 0.25) is 0 Å². The Labute approximate surface area is 120 Å². The van der Waals surface area contributed by atoms with E-state index in [1.54, 1.807) is 0 Å². The van der Waals surface area contributed by atoms with Crippen LogP contribution in [0.5, 0.6) is 5.75 Å². The molecule has 0 spiro atoms. The van der Waals surface area contributed by atoms with Crippen LogP contribution in [0.3, 0.4) is 0 Å². The minimum atomic E-state index is -4.19. The van der Waals surface area contributed by atoms with E-state index in [0.717, 1.165) is 12.1 Å². The predicted octanol–water partition coefficient (Wildman–Crippen LogP) is 2.36. The van der Waals surface area contributed by atoms with Crippen LogP contribution in [0.4, 0.5) is 20.2 Å². The van der Waals surface area contributed by atoms with Crippen molar-refractivity contribution in [1.29, 1.82) is 0 Å². The second kappa shape index (κ2) is 5.57. The van der Waals surface area contributed by atoms with Crippen molar-refractivity contribution in [2.24, 2.45) is 0 Å².